The van der Waals surface area contributed by atoms with Gasteiger partial charge in [-0.25, -0.2) is 0 Å². The Morgan fingerprint density at radius 3 is 2.62 bits per heavy atom. The second kappa shape index (κ2) is 8.97. The molecule has 0 saturated carbocycles. The van der Waals surface area contributed by atoms with Gasteiger partial charge in [-0.3, -0.25) is 0 Å². The summed E-state index contributed by atoms with van der Waals surface area (Å²) in [6.45, 7) is 10.6. The molecule has 1 atom stereocenters. The minimum absolute atomic E-state index is 0.329. The fourth-order valence-corrected chi connectivity index (χ4v) is 1.59. The number of methoxy groups -OCH3 is 1. The third kappa shape index (κ3) is 9.13. The van der Waals surface area contributed by atoms with Crippen molar-refractivity contribution < 1.29 is 4.74 Å². The van der Waals surface area contributed by atoms with Crippen molar-refractivity contribution in [3.05, 3.63) is 0 Å². The molecular weight excluding hydrogens is 200 g/mol. The molecule has 0 aromatic rings. The second-order valence-electron chi connectivity index (χ2n) is 5.57. The molecule has 0 bridgehead atoms. The van der Waals surface area contributed by atoms with Crippen LogP contribution in [0.4, 0.5) is 0 Å². The lowest BCUT2D eigenvalue weighted by Crippen LogP contribution is -2.31. The second-order valence-corrected chi connectivity index (χ2v) is 5.57. The summed E-state index contributed by atoms with van der Waals surface area (Å²) < 4.78 is 5.11. The summed E-state index contributed by atoms with van der Waals surface area (Å²) in [5.74, 6) is 0.656. The Morgan fingerprint density at radius 1 is 1.38 bits per heavy atom. The van der Waals surface area contributed by atoms with Crippen LogP contribution in [0.1, 0.15) is 40.0 Å². The Hall–Kier alpha value is -0.120. The van der Waals surface area contributed by atoms with E-state index < -0.39 is 0 Å². The van der Waals surface area contributed by atoms with Gasteiger partial charge in [0.2, 0.25) is 0 Å². The molecule has 0 aliphatic heterocycles. The van der Waals surface area contributed by atoms with Gasteiger partial charge in [0.15, 0.2) is 0 Å². The summed E-state index contributed by atoms with van der Waals surface area (Å²) in [5.41, 5.74) is 5.91. The van der Waals surface area contributed by atoms with Crippen molar-refractivity contribution in [2.75, 3.05) is 33.4 Å². The molecule has 0 rings (SSSR count). The van der Waals surface area contributed by atoms with Crippen molar-refractivity contribution in [1.82, 2.24) is 5.32 Å². The van der Waals surface area contributed by atoms with Crippen LogP contribution >= 0.6 is 0 Å². The monoisotopic (exact) mass is 230 g/mol. The zero-order valence-electron chi connectivity index (χ0n) is 11.5. The molecule has 3 N–H and O–H groups in total. The van der Waals surface area contributed by atoms with Gasteiger partial charge in [0, 0.05) is 20.3 Å². The maximum Gasteiger partial charge on any atom is 0.0467 e. The predicted octanol–water partition coefficient (Wildman–Crippen LogP) is 2.01. The Kier molecular flexibility index (Phi) is 8.90. The van der Waals surface area contributed by atoms with Crippen molar-refractivity contribution in [3.63, 3.8) is 0 Å². The molecule has 0 fully saturated rings. The number of nitrogens with two attached hydrogens (primary N) is 1. The average Bonchev–Trinajstić information content (AvgIpc) is 2.25. The normalized spacial score (nSPS) is 14.1. The number of nitrogens with one attached hydrogen (secondary N) is 1. The SMILES string of the molecule is COCCC(C)(C)CNCCCC(C)CN. The van der Waals surface area contributed by atoms with Gasteiger partial charge in [-0.15, -0.1) is 0 Å². The van der Waals surface area contributed by atoms with Crippen LogP contribution in [0.5, 0.6) is 0 Å². The van der Waals surface area contributed by atoms with Crippen molar-refractivity contribution in [2.45, 2.75) is 40.0 Å². The zero-order chi connectivity index (χ0) is 12.4. The van der Waals surface area contributed by atoms with Gasteiger partial charge in [0.25, 0.3) is 0 Å². The summed E-state index contributed by atoms with van der Waals surface area (Å²) in [4.78, 5) is 0. The lowest BCUT2D eigenvalue weighted by atomic mass is 9.89. The van der Waals surface area contributed by atoms with Crippen molar-refractivity contribution in [1.29, 1.82) is 0 Å². The van der Waals surface area contributed by atoms with Crippen LogP contribution in [0.15, 0.2) is 0 Å². The molecule has 0 heterocycles. The van der Waals surface area contributed by atoms with Gasteiger partial charge in [-0.1, -0.05) is 20.8 Å². The molecule has 0 amide bonds. The van der Waals surface area contributed by atoms with Crippen LogP contribution in [-0.2, 0) is 4.74 Å². The Morgan fingerprint density at radius 2 is 2.06 bits per heavy atom. The van der Waals surface area contributed by atoms with E-state index in [4.69, 9.17) is 10.5 Å². The lowest BCUT2D eigenvalue weighted by Gasteiger charge is -2.24. The highest BCUT2D eigenvalue weighted by Crippen LogP contribution is 2.18. The quantitative estimate of drug-likeness (QED) is 0.564. The van der Waals surface area contributed by atoms with Gasteiger partial charge in [-0.2, -0.15) is 0 Å². The molecule has 3 nitrogen and oxygen atoms in total. The maximum absolute atomic E-state index is 5.58. The van der Waals surface area contributed by atoms with Crippen LogP contribution in [-0.4, -0.2) is 33.4 Å². The first-order chi connectivity index (χ1) is 7.52. The first-order valence-electron chi connectivity index (χ1n) is 6.41. The van der Waals surface area contributed by atoms with E-state index in [0.29, 0.717) is 11.3 Å². The molecular formula is C13H30N2O. The molecule has 0 aliphatic rings. The van der Waals surface area contributed by atoms with Gasteiger partial charge in [-0.05, 0) is 43.7 Å². The minimum atomic E-state index is 0.329. The van der Waals surface area contributed by atoms with Crippen molar-refractivity contribution in [3.8, 4) is 0 Å². The molecule has 1 unspecified atom stereocenters. The van der Waals surface area contributed by atoms with Crippen LogP contribution in [0.3, 0.4) is 0 Å². The number of hydrogen-bond acceptors (Lipinski definition) is 3. The first kappa shape index (κ1) is 15.9. The molecule has 0 radical (unpaired) electrons. The first-order valence-corrected chi connectivity index (χ1v) is 6.41. The third-order valence-corrected chi connectivity index (χ3v) is 3.04. The van der Waals surface area contributed by atoms with Crippen LogP contribution in [0.2, 0.25) is 0 Å². The van der Waals surface area contributed by atoms with E-state index >= 15 is 0 Å². The highest BCUT2D eigenvalue weighted by atomic mass is 16.5. The predicted molar refractivity (Wildman–Crippen MR) is 70.6 cm³/mol. The summed E-state index contributed by atoms with van der Waals surface area (Å²) in [7, 11) is 1.76. The van der Waals surface area contributed by atoms with E-state index in [9.17, 15) is 0 Å². The minimum Gasteiger partial charge on any atom is -0.385 e. The lowest BCUT2D eigenvalue weighted by molar-refractivity contribution is 0.151. The largest absolute Gasteiger partial charge is 0.385 e. The Bertz CT molecular complexity index is 160. The molecule has 3 heteroatoms. The Balaban J connectivity index is 3.42. The molecule has 98 valence electrons. The number of rotatable bonds is 10. The highest BCUT2D eigenvalue weighted by Gasteiger charge is 2.16. The average molecular weight is 230 g/mol. The van der Waals surface area contributed by atoms with Gasteiger partial charge < -0.3 is 15.8 Å². The maximum atomic E-state index is 5.58. The van der Waals surface area contributed by atoms with Crippen LogP contribution < -0.4 is 11.1 Å². The van der Waals surface area contributed by atoms with E-state index in [-0.39, 0.29) is 0 Å². The van der Waals surface area contributed by atoms with E-state index in [1.165, 1.54) is 12.8 Å². The van der Waals surface area contributed by atoms with Gasteiger partial charge in [0.05, 0.1) is 0 Å². The smallest absolute Gasteiger partial charge is 0.0467 e. The van der Waals surface area contributed by atoms with E-state index in [1.54, 1.807) is 7.11 Å². The van der Waals surface area contributed by atoms with E-state index in [0.717, 1.165) is 32.7 Å². The zero-order valence-corrected chi connectivity index (χ0v) is 11.5. The van der Waals surface area contributed by atoms with Crippen molar-refractivity contribution >= 4 is 0 Å². The molecule has 0 saturated heterocycles. The van der Waals surface area contributed by atoms with E-state index in [2.05, 4.69) is 26.1 Å². The summed E-state index contributed by atoms with van der Waals surface area (Å²) >= 11 is 0. The highest BCUT2D eigenvalue weighted by molar-refractivity contribution is 4.71. The van der Waals surface area contributed by atoms with Crippen LogP contribution in [0.25, 0.3) is 0 Å². The Labute approximate surface area is 101 Å². The topological polar surface area (TPSA) is 47.3 Å². The van der Waals surface area contributed by atoms with Gasteiger partial charge in [0.1, 0.15) is 0 Å². The number of ether oxygens (including phenoxy) is 1. The van der Waals surface area contributed by atoms with Crippen LogP contribution in [0, 0.1) is 11.3 Å². The summed E-state index contributed by atoms with van der Waals surface area (Å²) in [6, 6.07) is 0. The summed E-state index contributed by atoms with van der Waals surface area (Å²) in [5, 5.41) is 3.52. The fourth-order valence-electron chi connectivity index (χ4n) is 1.59. The molecule has 0 aromatic carbocycles. The fraction of sp³-hybridized carbons (Fsp3) is 1.00. The third-order valence-electron chi connectivity index (χ3n) is 3.04. The van der Waals surface area contributed by atoms with E-state index in [1.807, 2.05) is 0 Å². The molecule has 0 aliphatic carbocycles. The standard InChI is InChI=1S/C13H30N2O/c1-12(10-14)6-5-8-15-11-13(2,3)7-9-16-4/h12,15H,5-11,14H2,1-4H3. The molecule has 0 spiro atoms. The van der Waals surface area contributed by atoms with Gasteiger partial charge >= 0.3 is 0 Å². The summed E-state index contributed by atoms with van der Waals surface area (Å²) in [6.07, 6.45) is 3.55. The molecule has 16 heavy (non-hydrogen) atoms. The number of hydrogen-bond donors (Lipinski definition) is 2. The molecule has 0 aromatic heterocycles. The van der Waals surface area contributed by atoms with Crippen molar-refractivity contribution in [2.24, 2.45) is 17.1 Å².